The molecule has 2 heterocycles. The Balaban J connectivity index is 1.43. The SMILES string of the molecule is O=C(NCc1cocn1)C1CC(c2c(-c3ccc(F)cc3)[nH]c3c(F)cc(F)cc23)C1. The lowest BCUT2D eigenvalue weighted by molar-refractivity contribution is -0.128. The highest BCUT2D eigenvalue weighted by Crippen LogP contribution is 2.48. The number of fused-ring (bicyclic) bond motifs is 1. The quantitative estimate of drug-likeness (QED) is 0.470. The summed E-state index contributed by atoms with van der Waals surface area (Å²) in [6.07, 6.45) is 3.86. The van der Waals surface area contributed by atoms with Crippen LogP contribution in [0.4, 0.5) is 13.2 Å². The first-order valence-electron chi connectivity index (χ1n) is 9.91. The Morgan fingerprint density at radius 1 is 1.13 bits per heavy atom. The molecule has 1 aliphatic carbocycles. The van der Waals surface area contributed by atoms with E-state index < -0.39 is 11.6 Å². The summed E-state index contributed by atoms with van der Waals surface area (Å²) in [5.74, 6) is -2.10. The molecule has 0 radical (unpaired) electrons. The van der Waals surface area contributed by atoms with Crippen molar-refractivity contribution in [2.75, 3.05) is 0 Å². The van der Waals surface area contributed by atoms with Crippen LogP contribution in [-0.2, 0) is 11.3 Å². The lowest BCUT2D eigenvalue weighted by atomic mass is 9.70. The van der Waals surface area contributed by atoms with E-state index in [9.17, 15) is 18.0 Å². The van der Waals surface area contributed by atoms with Gasteiger partial charge >= 0.3 is 0 Å². The van der Waals surface area contributed by atoms with Gasteiger partial charge in [-0.3, -0.25) is 4.79 Å². The van der Waals surface area contributed by atoms with Crippen molar-refractivity contribution < 1.29 is 22.4 Å². The minimum Gasteiger partial charge on any atom is -0.451 e. The molecule has 158 valence electrons. The number of rotatable bonds is 5. The predicted octanol–water partition coefficient (Wildman–Crippen LogP) is 5.05. The molecule has 31 heavy (non-hydrogen) atoms. The molecule has 2 N–H and O–H groups in total. The zero-order valence-electron chi connectivity index (χ0n) is 16.3. The van der Waals surface area contributed by atoms with Gasteiger partial charge in [-0.1, -0.05) is 0 Å². The van der Waals surface area contributed by atoms with Gasteiger partial charge in [0.2, 0.25) is 5.91 Å². The average molecular weight is 425 g/mol. The van der Waals surface area contributed by atoms with E-state index in [0.29, 0.717) is 35.2 Å². The summed E-state index contributed by atoms with van der Waals surface area (Å²) in [4.78, 5) is 19.5. The van der Waals surface area contributed by atoms with E-state index >= 15 is 0 Å². The van der Waals surface area contributed by atoms with E-state index in [4.69, 9.17) is 4.42 Å². The Morgan fingerprint density at radius 2 is 1.90 bits per heavy atom. The Hall–Kier alpha value is -3.55. The van der Waals surface area contributed by atoms with Crippen LogP contribution in [0.25, 0.3) is 22.2 Å². The van der Waals surface area contributed by atoms with Crippen molar-refractivity contribution >= 4 is 16.8 Å². The Kier molecular flexibility index (Phi) is 4.77. The van der Waals surface area contributed by atoms with Crippen molar-refractivity contribution in [3.8, 4) is 11.3 Å². The summed E-state index contributed by atoms with van der Waals surface area (Å²) in [6.45, 7) is 0.279. The number of nitrogens with one attached hydrogen (secondary N) is 2. The van der Waals surface area contributed by atoms with Crippen LogP contribution in [0.5, 0.6) is 0 Å². The third-order valence-corrected chi connectivity index (χ3v) is 5.84. The number of hydrogen-bond acceptors (Lipinski definition) is 3. The number of H-pyrrole nitrogens is 1. The summed E-state index contributed by atoms with van der Waals surface area (Å²) >= 11 is 0. The number of benzene rings is 2. The minimum atomic E-state index is -0.689. The number of carbonyl (C=O) groups is 1. The van der Waals surface area contributed by atoms with Crippen molar-refractivity contribution in [3.63, 3.8) is 0 Å². The van der Waals surface area contributed by atoms with Gasteiger partial charge in [-0.2, -0.15) is 0 Å². The average Bonchev–Trinajstić information content (AvgIpc) is 3.35. The molecule has 1 aliphatic rings. The molecule has 0 atom stereocenters. The summed E-state index contributed by atoms with van der Waals surface area (Å²) in [6, 6.07) is 7.97. The first kappa shape index (κ1) is 19.4. The second-order valence-corrected chi connectivity index (χ2v) is 7.79. The van der Waals surface area contributed by atoms with Crippen LogP contribution in [0.15, 0.2) is 53.5 Å². The van der Waals surface area contributed by atoms with Gasteiger partial charge in [-0.25, -0.2) is 18.2 Å². The van der Waals surface area contributed by atoms with E-state index in [1.165, 1.54) is 30.9 Å². The van der Waals surface area contributed by atoms with E-state index in [1.54, 1.807) is 12.1 Å². The summed E-state index contributed by atoms with van der Waals surface area (Å²) in [7, 11) is 0. The second-order valence-electron chi connectivity index (χ2n) is 7.79. The Labute approximate surface area is 175 Å². The van der Waals surface area contributed by atoms with Crippen molar-refractivity contribution in [1.29, 1.82) is 0 Å². The summed E-state index contributed by atoms with van der Waals surface area (Å²) < 4.78 is 46.7. The molecular formula is C23H18F3N3O2. The molecule has 0 aliphatic heterocycles. The number of halogens is 3. The Bertz CT molecular complexity index is 1240. The fourth-order valence-electron chi connectivity index (χ4n) is 4.22. The molecule has 1 saturated carbocycles. The van der Waals surface area contributed by atoms with Gasteiger partial charge in [0.25, 0.3) is 0 Å². The first-order valence-corrected chi connectivity index (χ1v) is 9.91. The topological polar surface area (TPSA) is 70.9 Å². The zero-order valence-corrected chi connectivity index (χ0v) is 16.3. The van der Waals surface area contributed by atoms with Crippen LogP contribution in [0, 0.1) is 23.4 Å². The number of oxazole rings is 1. The summed E-state index contributed by atoms with van der Waals surface area (Å²) in [5, 5.41) is 3.28. The molecule has 0 bridgehead atoms. The largest absolute Gasteiger partial charge is 0.451 e. The van der Waals surface area contributed by atoms with E-state index in [1.807, 2.05) is 0 Å². The smallest absolute Gasteiger partial charge is 0.223 e. The molecule has 5 nitrogen and oxygen atoms in total. The molecule has 0 spiro atoms. The minimum absolute atomic E-state index is 0.0576. The third-order valence-electron chi connectivity index (χ3n) is 5.84. The molecule has 5 rings (SSSR count). The van der Waals surface area contributed by atoms with E-state index in [-0.39, 0.29) is 35.6 Å². The molecule has 2 aromatic heterocycles. The maximum absolute atomic E-state index is 14.4. The maximum atomic E-state index is 14.4. The van der Waals surface area contributed by atoms with Crippen LogP contribution in [-0.4, -0.2) is 15.9 Å². The lowest BCUT2D eigenvalue weighted by Gasteiger charge is -2.35. The molecule has 1 fully saturated rings. The van der Waals surface area contributed by atoms with Crippen molar-refractivity contribution in [2.24, 2.45) is 5.92 Å². The monoisotopic (exact) mass is 425 g/mol. The van der Waals surface area contributed by atoms with Gasteiger partial charge in [0.1, 0.15) is 23.7 Å². The number of aromatic amines is 1. The molecule has 1 amide bonds. The van der Waals surface area contributed by atoms with Gasteiger partial charge in [0, 0.05) is 17.4 Å². The lowest BCUT2D eigenvalue weighted by Crippen LogP contribution is -2.37. The highest BCUT2D eigenvalue weighted by atomic mass is 19.1. The van der Waals surface area contributed by atoms with E-state index in [0.717, 1.165) is 11.6 Å². The van der Waals surface area contributed by atoms with Crippen molar-refractivity contribution in [3.05, 3.63) is 77.8 Å². The molecule has 2 aromatic carbocycles. The predicted molar refractivity (Wildman–Crippen MR) is 107 cm³/mol. The number of aromatic nitrogens is 2. The van der Waals surface area contributed by atoms with Gasteiger partial charge in [-0.05, 0) is 60.2 Å². The van der Waals surface area contributed by atoms with Gasteiger partial charge in [0.15, 0.2) is 6.39 Å². The number of hydrogen-bond donors (Lipinski definition) is 2. The fraction of sp³-hybridized carbons (Fsp3) is 0.217. The van der Waals surface area contributed by atoms with Gasteiger partial charge in [-0.15, -0.1) is 0 Å². The molecule has 0 unspecified atom stereocenters. The molecule has 8 heteroatoms. The Morgan fingerprint density at radius 3 is 2.61 bits per heavy atom. The van der Waals surface area contributed by atoms with Crippen LogP contribution < -0.4 is 5.32 Å². The van der Waals surface area contributed by atoms with Crippen LogP contribution in [0.2, 0.25) is 0 Å². The van der Waals surface area contributed by atoms with Crippen LogP contribution >= 0.6 is 0 Å². The summed E-state index contributed by atoms with van der Waals surface area (Å²) in [5.41, 5.74) is 2.87. The third kappa shape index (κ3) is 3.58. The van der Waals surface area contributed by atoms with Crippen molar-refractivity contribution in [1.82, 2.24) is 15.3 Å². The van der Waals surface area contributed by atoms with Gasteiger partial charge in [0.05, 0.1) is 23.4 Å². The van der Waals surface area contributed by atoms with Crippen molar-refractivity contribution in [2.45, 2.75) is 25.3 Å². The van der Waals surface area contributed by atoms with Gasteiger partial charge < -0.3 is 14.7 Å². The first-order chi connectivity index (χ1) is 15.0. The second kappa shape index (κ2) is 7.61. The standard InChI is InChI=1S/C23H18F3N3O2/c24-15-3-1-12(2-4-15)21-20(18-7-16(25)8-19(26)22(18)29-21)13-5-14(6-13)23(30)27-9-17-10-31-11-28-17/h1-4,7-8,10-11,13-14,29H,5-6,9H2,(H,27,30). The maximum Gasteiger partial charge on any atom is 0.223 e. The highest BCUT2D eigenvalue weighted by Gasteiger charge is 2.38. The molecular weight excluding hydrogens is 407 g/mol. The van der Waals surface area contributed by atoms with Crippen LogP contribution in [0.1, 0.15) is 30.0 Å². The normalized spacial score (nSPS) is 18.2. The number of nitrogens with zero attached hydrogens (tertiary/aromatic N) is 1. The van der Waals surface area contributed by atoms with E-state index in [2.05, 4.69) is 15.3 Å². The fourth-order valence-corrected chi connectivity index (χ4v) is 4.22. The number of carbonyl (C=O) groups excluding carboxylic acids is 1. The molecule has 0 saturated heterocycles. The van der Waals surface area contributed by atoms with Crippen LogP contribution in [0.3, 0.4) is 0 Å². The zero-order chi connectivity index (χ0) is 21.5. The number of amides is 1. The highest BCUT2D eigenvalue weighted by molar-refractivity contribution is 5.92. The molecule has 4 aromatic rings.